The van der Waals surface area contributed by atoms with Crippen LogP contribution in [0.3, 0.4) is 0 Å². The summed E-state index contributed by atoms with van der Waals surface area (Å²) in [7, 11) is 1.53. The average molecular weight is 596 g/mol. The lowest BCUT2D eigenvalue weighted by molar-refractivity contribution is -0.112. The molecule has 0 saturated carbocycles. The SMILES string of the molecule is CCOC(=O)c1c(NC(=O)/C(C#N)=C/c2ccc(OCc3ccc(Br)cc3)c(OC)c2)sc2c1CCCC2. The van der Waals surface area contributed by atoms with Gasteiger partial charge in [-0.3, -0.25) is 4.79 Å². The number of hydrogen-bond acceptors (Lipinski definition) is 7. The highest BCUT2D eigenvalue weighted by Crippen LogP contribution is 2.39. The number of thiophene rings is 1. The third-order valence-corrected chi connectivity index (χ3v) is 7.79. The monoisotopic (exact) mass is 594 g/mol. The van der Waals surface area contributed by atoms with Gasteiger partial charge in [-0.05, 0) is 79.6 Å². The minimum absolute atomic E-state index is 0.100. The summed E-state index contributed by atoms with van der Waals surface area (Å²) in [4.78, 5) is 26.9. The van der Waals surface area contributed by atoms with Crippen LogP contribution in [0.4, 0.5) is 5.00 Å². The van der Waals surface area contributed by atoms with Crippen LogP contribution < -0.4 is 14.8 Å². The Balaban J connectivity index is 1.53. The Kier molecular flexibility index (Phi) is 9.21. The van der Waals surface area contributed by atoms with Crippen molar-refractivity contribution in [3.63, 3.8) is 0 Å². The van der Waals surface area contributed by atoms with E-state index >= 15 is 0 Å². The number of anilines is 1. The van der Waals surface area contributed by atoms with Gasteiger partial charge in [-0.15, -0.1) is 11.3 Å². The van der Waals surface area contributed by atoms with Crippen LogP contribution in [0.2, 0.25) is 0 Å². The number of benzene rings is 2. The molecule has 0 saturated heterocycles. The van der Waals surface area contributed by atoms with Gasteiger partial charge in [-0.1, -0.05) is 34.1 Å². The number of nitriles is 1. The molecule has 196 valence electrons. The summed E-state index contributed by atoms with van der Waals surface area (Å²) in [5, 5.41) is 13.0. The van der Waals surface area contributed by atoms with Crippen molar-refractivity contribution in [1.82, 2.24) is 0 Å². The van der Waals surface area contributed by atoms with Gasteiger partial charge in [0.25, 0.3) is 5.91 Å². The third-order valence-electron chi connectivity index (χ3n) is 6.05. The van der Waals surface area contributed by atoms with Gasteiger partial charge in [0.05, 0.1) is 19.3 Å². The van der Waals surface area contributed by atoms with Gasteiger partial charge in [0.1, 0.15) is 23.3 Å². The van der Waals surface area contributed by atoms with E-state index in [1.54, 1.807) is 25.1 Å². The number of nitrogens with one attached hydrogen (secondary N) is 1. The highest BCUT2D eigenvalue weighted by molar-refractivity contribution is 9.10. The Morgan fingerprint density at radius 3 is 2.61 bits per heavy atom. The number of aryl methyl sites for hydroxylation is 1. The largest absolute Gasteiger partial charge is 0.493 e. The first-order valence-corrected chi connectivity index (χ1v) is 13.8. The van der Waals surface area contributed by atoms with Gasteiger partial charge < -0.3 is 19.5 Å². The summed E-state index contributed by atoms with van der Waals surface area (Å²) in [6.45, 7) is 2.35. The molecule has 4 rings (SSSR count). The Hall–Kier alpha value is -3.61. The quantitative estimate of drug-likeness (QED) is 0.168. The highest BCUT2D eigenvalue weighted by Gasteiger charge is 2.27. The smallest absolute Gasteiger partial charge is 0.341 e. The number of amides is 1. The molecule has 9 heteroatoms. The van der Waals surface area contributed by atoms with Crippen molar-refractivity contribution in [3.8, 4) is 17.6 Å². The molecule has 0 bridgehead atoms. The molecule has 0 radical (unpaired) electrons. The molecule has 0 unspecified atom stereocenters. The van der Waals surface area contributed by atoms with Gasteiger partial charge in [0.15, 0.2) is 11.5 Å². The molecule has 2 aromatic carbocycles. The molecule has 1 amide bonds. The molecule has 1 aromatic heterocycles. The minimum atomic E-state index is -0.592. The Bertz CT molecular complexity index is 1410. The summed E-state index contributed by atoms with van der Waals surface area (Å²) in [5.41, 5.74) is 2.85. The van der Waals surface area contributed by atoms with E-state index < -0.39 is 11.9 Å². The van der Waals surface area contributed by atoms with Crippen LogP contribution in [0.5, 0.6) is 11.5 Å². The van der Waals surface area contributed by atoms with E-state index in [1.165, 1.54) is 24.5 Å². The molecular formula is C29H27BrN2O5S. The number of carbonyl (C=O) groups is 2. The predicted molar refractivity (Wildman–Crippen MR) is 151 cm³/mol. The number of carbonyl (C=O) groups excluding carboxylic acids is 2. The fraction of sp³-hybridized carbons (Fsp3) is 0.276. The zero-order valence-corrected chi connectivity index (χ0v) is 23.5. The molecule has 3 aromatic rings. The van der Waals surface area contributed by atoms with Crippen LogP contribution in [0.25, 0.3) is 6.08 Å². The van der Waals surface area contributed by atoms with Crippen molar-refractivity contribution in [1.29, 1.82) is 5.26 Å². The molecule has 0 fully saturated rings. The number of fused-ring (bicyclic) bond motifs is 1. The van der Waals surface area contributed by atoms with Crippen LogP contribution in [-0.4, -0.2) is 25.6 Å². The highest BCUT2D eigenvalue weighted by atomic mass is 79.9. The Morgan fingerprint density at radius 2 is 1.89 bits per heavy atom. The lowest BCUT2D eigenvalue weighted by Gasteiger charge is -2.12. The summed E-state index contributed by atoms with van der Waals surface area (Å²) in [6, 6.07) is 15.0. The summed E-state index contributed by atoms with van der Waals surface area (Å²) in [5.74, 6) is -0.0258. The summed E-state index contributed by atoms with van der Waals surface area (Å²) < 4.78 is 17.6. The maximum absolute atomic E-state index is 13.1. The normalized spacial score (nSPS) is 12.7. The summed E-state index contributed by atoms with van der Waals surface area (Å²) >= 11 is 4.80. The van der Waals surface area contributed by atoms with E-state index in [0.29, 0.717) is 34.2 Å². The van der Waals surface area contributed by atoms with Crippen molar-refractivity contribution in [2.75, 3.05) is 19.0 Å². The molecule has 0 atom stereocenters. The average Bonchev–Trinajstić information content (AvgIpc) is 3.29. The second-order valence-corrected chi connectivity index (χ2v) is 10.6. The Labute approximate surface area is 234 Å². The molecule has 0 aliphatic heterocycles. The van der Waals surface area contributed by atoms with E-state index in [2.05, 4.69) is 21.2 Å². The van der Waals surface area contributed by atoms with Crippen molar-refractivity contribution in [2.45, 2.75) is 39.2 Å². The number of esters is 1. The van der Waals surface area contributed by atoms with Gasteiger partial charge in [-0.25, -0.2) is 4.79 Å². The van der Waals surface area contributed by atoms with E-state index in [9.17, 15) is 14.9 Å². The van der Waals surface area contributed by atoms with Crippen LogP contribution in [-0.2, 0) is 29.0 Å². The van der Waals surface area contributed by atoms with Gasteiger partial charge in [-0.2, -0.15) is 5.26 Å². The lowest BCUT2D eigenvalue weighted by Crippen LogP contribution is -2.16. The van der Waals surface area contributed by atoms with Crippen molar-refractivity contribution >= 4 is 50.2 Å². The number of methoxy groups -OCH3 is 1. The molecular weight excluding hydrogens is 568 g/mol. The van der Waals surface area contributed by atoms with E-state index in [4.69, 9.17) is 14.2 Å². The van der Waals surface area contributed by atoms with Crippen molar-refractivity contribution in [3.05, 3.63) is 79.6 Å². The first-order valence-electron chi connectivity index (χ1n) is 12.2. The summed E-state index contributed by atoms with van der Waals surface area (Å²) in [6.07, 6.45) is 5.13. The van der Waals surface area contributed by atoms with Crippen molar-refractivity contribution < 1.29 is 23.8 Å². The van der Waals surface area contributed by atoms with Crippen LogP contribution in [0.1, 0.15) is 51.7 Å². The number of ether oxygens (including phenoxy) is 3. The molecule has 1 aliphatic rings. The first kappa shape index (κ1) is 27.4. The fourth-order valence-corrected chi connectivity index (χ4v) is 5.73. The van der Waals surface area contributed by atoms with Crippen LogP contribution in [0.15, 0.2) is 52.5 Å². The second kappa shape index (κ2) is 12.8. The number of halogens is 1. The minimum Gasteiger partial charge on any atom is -0.493 e. The predicted octanol–water partition coefficient (Wildman–Crippen LogP) is 6.70. The third kappa shape index (κ3) is 6.44. The molecule has 1 aliphatic carbocycles. The molecule has 1 N–H and O–H groups in total. The lowest BCUT2D eigenvalue weighted by atomic mass is 9.95. The number of hydrogen-bond donors (Lipinski definition) is 1. The van der Waals surface area contributed by atoms with Crippen LogP contribution in [0, 0.1) is 11.3 Å². The number of nitrogens with zero attached hydrogens (tertiary/aromatic N) is 1. The second-order valence-electron chi connectivity index (χ2n) is 8.58. The van der Waals surface area contributed by atoms with E-state index in [0.717, 1.165) is 46.2 Å². The topological polar surface area (TPSA) is 97.7 Å². The maximum Gasteiger partial charge on any atom is 0.341 e. The molecule has 7 nitrogen and oxygen atoms in total. The zero-order chi connectivity index (χ0) is 27.1. The molecule has 1 heterocycles. The zero-order valence-electron chi connectivity index (χ0n) is 21.1. The molecule has 38 heavy (non-hydrogen) atoms. The fourth-order valence-electron chi connectivity index (χ4n) is 4.19. The number of rotatable bonds is 9. The van der Waals surface area contributed by atoms with Crippen molar-refractivity contribution in [2.24, 2.45) is 0 Å². The standard InChI is InChI=1S/C29H27BrN2O5S/c1-3-36-29(34)26-22-6-4-5-7-25(22)38-28(26)32-27(33)20(16-31)14-19-10-13-23(24(15-19)35-2)37-17-18-8-11-21(30)12-9-18/h8-15H,3-7,17H2,1-2H3,(H,32,33)/b20-14+. The van der Waals surface area contributed by atoms with Gasteiger partial charge in [0.2, 0.25) is 0 Å². The molecule has 0 spiro atoms. The Morgan fingerprint density at radius 1 is 1.13 bits per heavy atom. The van der Waals surface area contributed by atoms with E-state index in [1.807, 2.05) is 30.3 Å². The maximum atomic E-state index is 13.1. The van der Waals surface area contributed by atoms with Gasteiger partial charge in [0, 0.05) is 9.35 Å². The van der Waals surface area contributed by atoms with E-state index in [-0.39, 0.29) is 12.2 Å². The first-order chi connectivity index (χ1) is 18.4. The van der Waals surface area contributed by atoms with Crippen LogP contribution >= 0.6 is 27.3 Å². The van der Waals surface area contributed by atoms with Gasteiger partial charge >= 0.3 is 5.97 Å².